The lowest BCUT2D eigenvalue weighted by Gasteiger charge is -2.20. The summed E-state index contributed by atoms with van der Waals surface area (Å²) < 4.78 is 0. The highest BCUT2D eigenvalue weighted by molar-refractivity contribution is 5.76. The Morgan fingerprint density at radius 2 is 0.651 bits per heavy atom. The van der Waals surface area contributed by atoms with E-state index < -0.39 is 12.1 Å². The van der Waals surface area contributed by atoms with Crippen molar-refractivity contribution in [3.8, 4) is 0 Å². The number of nitrogens with one attached hydrogen (secondary N) is 1. The Kier molecular flexibility index (Phi) is 53.7. The maximum Gasteiger partial charge on any atom is 0.220 e. The number of carbonyl (C=O) groups is 1. The summed E-state index contributed by atoms with van der Waals surface area (Å²) in [7, 11) is 0. The van der Waals surface area contributed by atoms with E-state index in [4.69, 9.17) is 0 Å². The number of hydrogen-bond acceptors (Lipinski definition) is 3. The quantitative estimate of drug-likeness (QED) is 0.0421. The van der Waals surface area contributed by atoms with Gasteiger partial charge >= 0.3 is 0 Å². The van der Waals surface area contributed by atoms with E-state index in [1.165, 1.54) is 263 Å². The van der Waals surface area contributed by atoms with E-state index >= 15 is 0 Å². The number of aliphatic hydroxyl groups is 2. The van der Waals surface area contributed by atoms with Gasteiger partial charge in [0.15, 0.2) is 0 Å². The van der Waals surface area contributed by atoms with Gasteiger partial charge in [-0.05, 0) is 51.4 Å². The summed E-state index contributed by atoms with van der Waals surface area (Å²) >= 11 is 0. The molecule has 0 spiro atoms. The van der Waals surface area contributed by atoms with Gasteiger partial charge in [0.1, 0.15) is 0 Å². The maximum atomic E-state index is 12.5. The van der Waals surface area contributed by atoms with Gasteiger partial charge in [0.05, 0.1) is 18.8 Å². The average molecular weight is 885 g/mol. The molecule has 0 aliphatic rings. The fraction of sp³-hybridized carbons (Fsp3) is 0.881. The summed E-state index contributed by atoms with van der Waals surface area (Å²) in [5, 5.41) is 23.2. The first-order valence-electron chi connectivity index (χ1n) is 28.7. The van der Waals surface area contributed by atoms with Gasteiger partial charge in [-0.15, -0.1) is 0 Å². The van der Waals surface area contributed by atoms with Crippen LogP contribution in [0.5, 0.6) is 0 Å². The first kappa shape index (κ1) is 61.6. The van der Waals surface area contributed by atoms with Crippen molar-refractivity contribution in [3.05, 3.63) is 36.5 Å². The Bertz CT molecular complexity index is 958. The lowest BCUT2D eigenvalue weighted by molar-refractivity contribution is -0.123. The van der Waals surface area contributed by atoms with Crippen molar-refractivity contribution in [2.24, 2.45) is 0 Å². The number of amides is 1. The fourth-order valence-electron chi connectivity index (χ4n) is 8.98. The van der Waals surface area contributed by atoms with Crippen molar-refractivity contribution in [1.29, 1.82) is 0 Å². The van der Waals surface area contributed by atoms with Crippen LogP contribution in [0.2, 0.25) is 0 Å². The first-order valence-corrected chi connectivity index (χ1v) is 28.7. The summed E-state index contributed by atoms with van der Waals surface area (Å²) in [6, 6.07) is -0.624. The zero-order valence-electron chi connectivity index (χ0n) is 42.9. The van der Waals surface area contributed by atoms with E-state index in [0.717, 1.165) is 32.1 Å². The number of aliphatic hydroxyl groups excluding tert-OH is 2. The second-order valence-corrected chi connectivity index (χ2v) is 19.7. The molecule has 3 N–H and O–H groups in total. The van der Waals surface area contributed by atoms with E-state index in [1.807, 2.05) is 6.08 Å². The lowest BCUT2D eigenvalue weighted by Crippen LogP contribution is -2.45. The third-order valence-corrected chi connectivity index (χ3v) is 13.4. The van der Waals surface area contributed by atoms with Crippen LogP contribution in [-0.4, -0.2) is 34.9 Å². The fourth-order valence-corrected chi connectivity index (χ4v) is 8.98. The van der Waals surface area contributed by atoms with E-state index in [-0.39, 0.29) is 12.5 Å². The van der Waals surface area contributed by atoms with Gasteiger partial charge in [0, 0.05) is 6.42 Å². The summed E-state index contributed by atoms with van der Waals surface area (Å²) in [5.74, 6) is -0.0620. The molecule has 4 heteroatoms. The SMILES string of the molecule is CCCCCCCCCCC/C=C\C/C=C\CCCCCCCCCCCCCC(=O)NC(CO)C(O)/C=C/CCCCCCCCCCCCCCCCCCCCCCCC. The monoisotopic (exact) mass is 884 g/mol. The summed E-state index contributed by atoms with van der Waals surface area (Å²) in [6.45, 7) is 4.34. The highest BCUT2D eigenvalue weighted by Crippen LogP contribution is 2.17. The number of carbonyl (C=O) groups excluding carboxylic acids is 1. The van der Waals surface area contributed by atoms with Crippen molar-refractivity contribution < 1.29 is 15.0 Å². The molecule has 0 aromatic heterocycles. The molecule has 0 fully saturated rings. The molecule has 4 nitrogen and oxygen atoms in total. The molecule has 1 amide bonds. The first-order chi connectivity index (χ1) is 31.2. The minimum absolute atomic E-state index is 0.0620. The minimum Gasteiger partial charge on any atom is -0.394 e. The van der Waals surface area contributed by atoms with Gasteiger partial charge in [-0.2, -0.15) is 0 Å². The Labute approximate surface area is 395 Å². The van der Waals surface area contributed by atoms with Gasteiger partial charge in [-0.3, -0.25) is 4.79 Å². The van der Waals surface area contributed by atoms with Crippen molar-refractivity contribution >= 4 is 5.91 Å². The third-order valence-electron chi connectivity index (χ3n) is 13.4. The zero-order chi connectivity index (χ0) is 45.6. The molecule has 0 saturated heterocycles. The highest BCUT2D eigenvalue weighted by Gasteiger charge is 2.18. The number of allylic oxidation sites excluding steroid dienone is 5. The Morgan fingerprint density at radius 3 is 0.952 bits per heavy atom. The average Bonchev–Trinajstić information content (AvgIpc) is 3.29. The second-order valence-electron chi connectivity index (χ2n) is 19.7. The van der Waals surface area contributed by atoms with Crippen LogP contribution in [-0.2, 0) is 4.79 Å². The van der Waals surface area contributed by atoms with Crippen LogP contribution >= 0.6 is 0 Å². The van der Waals surface area contributed by atoms with E-state index in [1.54, 1.807) is 6.08 Å². The van der Waals surface area contributed by atoms with E-state index in [9.17, 15) is 15.0 Å². The van der Waals surface area contributed by atoms with E-state index in [0.29, 0.717) is 6.42 Å². The van der Waals surface area contributed by atoms with Gasteiger partial charge in [-0.25, -0.2) is 0 Å². The molecule has 0 aromatic carbocycles. The predicted octanol–water partition coefficient (Wildman–Crippen LogP) is 18.9. The smallest absolute Gasteiger partial charge is 0.220 e. The molecule has 0 aliphatic carbocycles. The molecule has 0 heterocycles. The normalized spacial score (nSPS) is 13.0. The molecule has 2 unspecified atom stereocenters. The summed E-state index contributed by atoms with van der Waals surface area (Å²) in [6.07, 6.45) is 74.5. The highest BCUT2D eigenvalue weighted by atomic mass is 16.3. The molecule has 0 aromatic rings. The zero-order valence-corrected chi connectivity index (χ0v) is 42.9. The second kappa shape index (κ2) is 54.9. The van der Waals surface area contributed by atoms with Crippen molar-refractivity contribution in [1.82, 2.24) is 5.32 Å². The molecule has 0 aliphatic heterocycles. The van der Waals surface area contributed by atoms with Crippen molar-refractivity contribution in [2.75, 3.05) is 6.61 Å². The predicted molar refractivity (Wildman–Crippen MR) is 281 cm³/mol. The van der Waals surface area contributed by atoms with Crippen molar-refractivity contribution in [2.45, 2.75) is 328 Å². The molecule has 0 radical (unpaired) electrons. The number of rotatable bonds is 53. The third kappa shape index (κ3) is 51.5. The number of unbranched alkanes of at least 4 members (excludes halogenated alkanes) is 42. The molecule has 63 heavy (non-hydrogen) atoms. The van der Waals surface area contributed by atoms with Crippen LogP contribution in [0.1, 0.15) is 316 Å². The Morgan fingerprint density at radius 1 is 0.381 bits per heavy atom. The minimum atomic E-state index is -0.841. The standard InChI is InChI=1S/C59H113NO3/c1-3-5-7-9-11-13-15-17-19-21-23-25-27-29-30-31-33-35-37-39-41-43-45-47-49-51-53-55-59(63)60-57(56-61)58(62)54-52-50-48-46-44-42-40-38-36-34-32-28-26-24-22-20-18-16-14-12-10-8-6-4-2/h23,25,29-30,52,54,57-58,61-62H,3-22,24,26-28,31-51,53,55-56H2,1-2H3,(H,60,63)/b25-23-,30-29-,54-52+. The molecular formula is C59H113NO3. The lowest BCUT2D eigenvalue weighted by atomic mass is 10.0. The molecule has 2 atom stereocenters. The van der Waals surface area contributed by atoms with Gasteiger partial charge in [0.25, 0.3) is 0 Å². The summed E-state index contributed by atoms with van der Waals surface area (Å²) in [4.78, 5) is 12.5. The van der Waals surface area contributed by atoms with Crippen LogP contribution < -0.4 is 5.32 Å². The molecule has 0 rings (SSSR count). The topological polar surface area (TPSA) is 69.6 Å². The summed E-state index contributed by atoms with van der Waals surface area (Å²) in [5.41, 5.74) is 0. The molecule has 0 saturated carbocycles. The van der Waals surface area contributed by atoms with E-state index in [2.05, 4.69) is 43.5 Å². The molecule has 0 bridgehead atoms. The Hall–Kier alpha value is -1.39. The van der Waals surface area contributed by atoms with Crippen LogP contribution in [0.25, 0.3) is 0 Å². The van der Waals surface area contributed by atoms with Crippen LogP contribution in [0.4, 0.5) is 0 Å². The van der Waals surface area contributed by atoms with Gasteiger partial charge in [0.2, 0.25) is 5.91 Å². The van der Waals surface area contributed by atoms with Crippen LogP contribution in [0.15, 0.2) is 36.5 Å². The Balaban J connectivity index is 3.49. The largest absolute Gasteiger partial charge is 0.394 e. The van der Waals surface area contributed by atoms with Gasteiger partial charge in [-0.1, -0.05) is 294 Å². The van der Waals surface area contributed by atoms with Crippen molar-refractivity contribution in [3.63, 3.8) is 0 Å². The maximum absolute atomic E-state index is 12.5. The number of hydrogen-bond donors (Lipinski definition) is 3. The van der Waals surface area contributed by atoms with Crippen LogP contribution in [0.3, 0.4) is 0 Å². The van der Waals surface area contributed by atoms with Gasteiger partial charge < -0.3 is 15.5 Å². The molecular weight excluding hydrogens is 771 g/mol. The molecule has 372 valence electrons. The van der Waals surface area contributed by atoms with Crippen LogP contribution in [0, 0.1) is 0 Å².